The summed E-state index contributed by atoms with van der Waals surface area (Å²) >= 11 is 0. The third-order valence-corrected chi connectivity index (χ3v) is 3.49. The molecule has 0 saturated heterocycles. The van der Waals surface area contributed by atoms with Crippen LogP contribution in [-0.4, -0.2) is 37.4 Å². The monoisotopic (exact) mass is 311 g/mol. The number of aromatic nitrogens is 5. The molecule has 0 aliphatic rings. The van der Waals surface area contributed by atoms with E-state index >= 15 is 0 Å². The quantitative estimate of drug-likeness (QED) is 0.671. The van der Waals surface area contributed by atoms with Crippen LogP contribution in [0.4, 0.5) is 0 Å². The number of carbonyl (C=O) groups excluding carboxylic acids is 1. The van der Waals surface area contributed by atoms with E-state index in [1.807, 2.05) is 36.3 Å². The molecule has 0 amide bonds. The SMILES string of the molecule is COC(=O)c1cccc(-c2nccn2CCc2cnn(C)c2)n1. The van der Waals surface area contributed by atoms with Gasteiger partial charge in [-0.2, -0.15) is 5.10 Å². The van der Waals surface area contributed by atoms with Gasteiger partial charge in [-0.05, 0) is 24.1 Å². The molecule has 0 spiro atoms. The summed E-state index contributed by atoms with van der Waals surface area (Å²) in [5.41, 5.74) is 2.07. The molecule has 0 radical (unpaired) electrons. The summed E-state index contributed by atoms with van der Waals surface area (Å²) in [4.78, 5) is 20.3. The van der Waals surface area contributed by atoms with Gasteiger partial charge in [0.15, 0.2) is 5.82 Å². The van der Waals surface area contributed by atoms with E-state index in [0.29, 0.717) is 5.69 Å². The lowest BCUT2D eigenvalue weighted by atomic mass is 10.2. The number of hydrogen-bond donors (Lipinski definition) is 0. The molecule has 3 heterocycles. The fourth-order valence-corrected chi connectivity index (χ4v) is 2.35. The molecule has 0 aromatic carbocycles. The van der Waals surface area contributed by atoms with Crippen molar-refractivity contribution in [2.45, 2.75) is 13.0 Å². The Labute approximate surface area is 133 Å². The molecule has 7 heteroatoms. The average Bonchev–Trinajstić information content (AvgIpc) is 3.21. The zero-order valence-corrected chi connectivity index (χ0v) is 13.0. The Hall–Kier alpha value is -2.96. The summed E-state index contributed by atoms with van der Waals surface area (Å²) in [5, 5.41) is 4.17. The molecule has 0 bridgehead atoms. The summed E-state index contributed by atoms with van der Waals surface area (Å²) in [6.45, 7) is 0.755. The van der Waals surface area contributed by atoms with Crippen molar-refractivity contribution in [2.75, 3.05) is 7.11 Å². The Kier molecular flexibility index (Phi) is 4.18. The van der Waals surface area contributed by atoms with E-state index in [9.17, 15) is 4.79 Å². The van der Waals surface area contributed by atoms with Crippen molar-refractivity contribution in [1.29, 1.82) is 0 Å². The number of hydrogen-bond acceptors (Lipinski definition) is 5. The lowest BCUT2D eigenvalue weighted by molar-refractivity contribution is 0.0594. The second-order valence-corrected chi connectivity index (χ2v) is 5.12. The first-order valence-electron chi connectivity index (χ1n) is 7.22. The van der Waals surface area contributed by atoms with E-state index in [1.54, 1.807) is 23.0 Å². The van der Waals surface area contributed by atoms with E-state index in [4.69, 9.17) is 4.74 Å². The number of nitrogens with zero attached hydrogens (tertiary/aromatic N) is 5. The molecule has 3 rings (SSSR count). The molecule has 118 valence electrons. The lowest BCUT2D eigenvalue weighted by Crippen LogP contribution is -2.07. The zero-order valence-electron chi connectivity index (χ0n) is 13.0. The number of aryl methyl sites for hydroxylation is 3. The van der Waals surface area contributed by atoms with Crippen molar-refractivity contribution < 1.29 is 9.53 Å². The molecule has 0 N–H and O–H groups in total. The van der Waals surface area contributed by atoms with Crippen molar-refractivity contribution >= 4 is 5.97 Å². The van der Waals surface area contributed by atoms with Gasteiger partial charge in [-0.15, -0.1) is 0 Å². The average molecular weight is 311 g/mol. The fraction of sp³-hybridized carbons (Fsp3) is 0.250. The van der Waals surface area contributed by atoms with Crippen LogP contribution in [0, 0.1) is 0 Å². The van der Waals surface area contributed by atoms with Gasteiger partial charge in [0.2, 0.25) is 0 Å². The maximum atomic E-state index is 11.6. The Morgan fingerprint density at radius 1 is 1.35 bits per heavy atom. The van der Waals surface area contributed by atoms with Crippen LogP contribution in [0.25, 0.3) is 11.5 Å². The normalized spacial score (nSPS) is 10.7. The third kappa shape index (κ3) is 3.28. The minimum Gasteiger partial charge on any atom is -0.464 e. The highest BCUT2D eigenvalue weighted by Crippen LogP contribution is 2.16. The molecule has 0 aliphatic heterocycles. The Morgan fingerprint density at radius 3 is 2.96 bits per heavy atom. The number of methoxy groups -OCH3 is 1. The van der Waals surface area contributed by atoms with Crippen LogP contribution < -0.4 is 0 Å². The third-order valence-electron chi connectivity index (χ3n) is 3.49. The molecule has 23 heavy (non-hydrogen) atoms. The van der Waals surface area contributed by atoms with Crippen molar-refractivity contribution in [3.63, 3.8) is 0 Å². The second kappa shape index (κ2) is 6.43. The Balaban J connectivity index is 1.81. The van der Waals surface area contributed by atoms with Crippen LogP contribution in [0.3, 0.4) is 0 Å². The van der Waals surface area contributed by atoms with Gasteiger partial charge >= 0.3 is 5.97 Å². The van der Waals surface area contributed by atoms with Crippen LogP contribution in [0.1, 0.15) is 16.1 Å². The molecule has 3 aromatic rings. The summed E-state index contributed by atoms with van der Waals surface area (Å²) in [6, 6.07) is 5.22. The predicted octanol–water partition coefficient (Wildman–Crippen LogP) is 1.71. The topological polar surface area (TPSA) is 74.8 Å². The van der Waals surface area contributed by atoms with E-state index < -0.39 is 5.97 Å². The molecule has 7 nitrogen and oxygen atoms in total. The zero-order chi connectivity index (χ0) is 16.2. The molecule has 0 saturated carbocycles. The molecule has 0 fully saturated rings. The Bertz CT molecular complexity index is 821. The van der Waals surface area contributed by atoms with E-state index in [-0.39, 0.29) is 5.69 Å². The van der Waals surface area contributed by atoms with E-state index in [0.717, 1.165) is 24.4 Å². The van der Waals surface area contributed by atoms with Crippen LogP contribution >= 0.6 is 0 Å². The summed E-state index contributed by atoms with van der Waals surface area (Å²) in [6.07, 6.45) is 8.32. The smallest absolute Gasteiger partial charge is 0.356 e. The highest BCUT2D eigenvalue weighted by atomic mass is 16.5. The van der Waals surface area contributed by atoms with Gasteiger partial charge in [0.1, 0.15) is 11.4 Å². The lowest BCUT2D eigenvalue weighted by Gasteiger charge is -2.07. The summed E-state index contributed by atoms with van der Waals surface area (Å²) in [5.74, 6) is 0.264. The number of imidazole rings is 1. The highest BCUT2D eigenvalue weighted by molar-refractivity contribution is 5.87. The maximum Gasteiger partial charge on any atom is 0.356 e. The van der Waals surface area contributed by atoms with Crippen LogP contribution in [0.15, 0.2) is 43.0 Å². The first-order chi connectivity index (χ1) is 11.2. The van der Waals surface area contributed by atoms with Crippen molar-refractivity contribution in [3.05, 3.63) is 54.2 Å². The van der Waals surface area contributed by atoms with Crippen molar-refractivity contribution in [1.82, 2.24) is 24.3 Å². The maximum absolute atomic E-state index is 11.6. The molecular formula is C16H17N5O2. The van der Waals surface area contributed by atoms with Crippen LogP contribution in [0.2, 0.25) is 0 Å². The number of carbonyl (C=O) groups is 1. The fourth-order valence-electron chi connectivity index (χ4n) is 2.35. The first kappa shape index (κ1) is 15.0. The summed E-state index contributed by atoms with van der Waals surface area (Å²) < 4.78 is 8.50. The summed E-state index contributed by atoms with van der Waals surface area (Å²) in [7, 11) is 3.24. The van der Waals surface area contributed by atoms with E-state index in [2.05, 4.69) is 15.1 Å². The van der Waals surface area contributed by atoms with E-state index in [1.165, 1.54) is 7.11 Å². The Morgan fingerprint density at radius 2 is 2.22 bits per heavy atom. The van der Waals surface area contributed by atoms with Gasteiger partial charge in [0.25, 0.3) is 0 Å². The minimum absolute atomic E-state index is 0.270. The van der Waals surface area contributed by atoms with Gasteiger partial charge < -0.3 is 9.30 Å². The van der Waals surface area contributed by atoms with Gasteiger partial charge in [-0.25, -0.2) is 14.8 Å². The van der Waals surface area contributed by atoms with Gasteiger partial charge in [-0.1, -0.05) is 6.07 Å². The molecule has 0 unspecified atom stereocenters. The number of pyridine rings is 1. The van der Waals surface area contributed by atoms with Gasteiger partial charge in [0, 0.05) is 32.2 Å². The molecule has 0 atom stereocenters. The largest absolute Gasteiger partial charge is 0.464 e. The molecule has 0 aliphatic carbocycles. The number of rotatable bonds is 5. The minimum atomic E-state index is -0.458. The van der Waals surface area contributed by atoms with Crippen LogP contribution in [-0.2, 0) is 24.8 Å². The second-order valence-electron chi connectivity index (χ2n) is 5.12. The molecular weight excluding hydrogens is 294 g/mol. The standard InChI is InChI=1S/C16H17N5O2/c1-20-11-12(10-18-20)6-8-21-9-7-17-15(21)13-4-3-5-14(19-13)16(22)23-2/h3-5,7,9-11H,6,8H2,1-2H3. The van der Waals surface area contributed by atoms with Crippen molar-refractivity contribution in [3.8, 4) is 11.5 Å². The number of ether oxygens (including phenoxy) is 1. The highest BCUT2D eigenvalue weighted by Gasteiger charge is 2.12. The molecule has 3 aromatic heterocycles. The van der Waals surface area contributed by atoms with Crippen LogP contribution in [0.5, 0.6) is 0 Å². The predicted molar refractivity (Wildman–Crippen MR) is 83.7 cm³/mol. The number of esters is 1. The van der Waals surface area contributed by atoms with Crippen molar-refractivity contribution in [2.24, 2.45) is 7.05 Å². The van der Waals surface area contributed by atoms with Gasteiger partial charge in [-0.3, -0.25) is 4.68 Å². The first-order valence-corrected chi connectivity index (χ1v) is 7.22. The van der Waals surface area contributed by atoms with Gasteiger partial charge in [0.05, 0.1) is 13.3 Å².